The molecule has 1 saturated heterocycles. The summed E-state index contributed by atoms with van der Waals surface area (Å²) >= 11 is 1.94. The second-order valence-electron chi connectivity index (χ2n) is 7.44. The van der Waals surface area contributed by atoms with Crippen molar-refractivity contribution in [3.63, 3.8) is 0 Å². The maximum Gasteiger partial charge on any atom is 0.254 e. The normalized spacial score (nSPS) is 18.2. The Morgan fingerprint density at radius 2 is 1.92 bits per heavy atom. The van der Waals surface area contributed by atoms with Gasteiger partial charge in [-0.25, -0.2) is 0 Å². The van der Waals surface area contributed by atoms with Gasteiger partial charge in [-0.1, -0.05) is 20.8 Å². The monoisotopic (exact) mass is 365 g/mol. The molecule has 0 spiro atoms. The quantitative estimate of drug-likeness (QED) is 0.678. The Morgan fingerprint density at radius 3 is 2.56 bits per heavy atom. The van der Waals surface area contributed by atoms with E-state index in [9.17, 15) is 4.79 Å². The van der Waals surface area contributed by atoms with Crippen molar-refractivity contribution in [2.75, 3.05) is 32.6 Å². The first-order valence-electron chi connectivity index (χ1n) is 9.07. The minimum Gasteiger partial charge on any atom is -0.491 e. The van der Waals surface area contributed by atoms with Crippen LogP contribution >= 0.6 is 11.8 Å². The van der Waals surface area contributed by atoms with E-state index >= 15 is 0 Å². The van der Waals surface area contributed by atoms with Crippen molar-refractivity contribution in [2.24, 2.45) is 0 Å². The minimum absolute atomic E-state index is 0.141. The second kappa shape index (κ2) is 9.48. The first kappa shape index (κ1) is 20.1. The second-order valence-corrected chi connectivity index (χ2v) is 9.28. The van der Waals surface area contributed by atoms with Crippen molar-refractivity contribution in [2.45, 2.75) is 50.8 Å². The van der Waals surface area contributed by atoms with Crippen LogP contribution in [0.15, 0.2) is 24.3 Å². The molecule has 1 unspecified atom stereocenters. The van der Waals surface area contributed by atoms with E-state index in [4.69, 9.17) is 9.47 Å². The van der Waals surface area contributed by atoms with Crippen molar-refractivity contribution in [1.82, 2.24) is 4.90 Å². The number of benzene rings is 1. The molecule has 1 aliphatic rings. The number of amides is 1. The smallest absolute Gasteiger partial charge is 0.254 e. The maximum absolute atomic E-state index is 13.0. The van der Waals surface area contributed by atoms with Crippen molar-refractivity contribution in [3.8, 4) is 5.75 Å². The molecule has 1 aliphatic heterocycles. The zero-order chi connectivity index (χ0) is 18.3. The highest BCUT2D eigenvalue weighted by Gasteiger charge is 2.28. The summed E-state index contributed by atoms with van der Waals surface area (Å²) in [5.41, 5.74) is 0.742. The van der Waals surface area contributed by atoms with E-state index in [0.717, 1.165) is 36.5 Å². The third-order valence-electron chi connectivity index (χ3n) is 4.25. The van der Waals surface area contributed by atoms with E-state index in [1.807, 2.05) is 36.0 Å². The number of carbonyl (C=O) groups excluding carboxylic acids is 1. The first-order valence-corrected chi connectivity index (χ1v) is 10.1. The fourth-order valence-electron chi connectivity index (χ4n) is 2.89. The molecule has 5 heteroatoms. The zero-order valence-electron chi connectivity index (χ0n) is 15.9. The Hall–Kier alpha value is -1.20. The molecule has 140 valence electrons. The third kappa shape index (κ3) is 6.55. The van der Waals surface area contributed by atoms with Gasteiger partial charge in [0, 0.05) is 35.8 Å². The van der Waals surface area contributed by atoms with Crippen molar-refractivity contribution in [1.29, 1.82) is 0 Å². The van der Waals surface area contributed by atoms with Gasteiger partial charge in [-0.15, -0.1) is 0 Å². The van der Waals surface area contributed by atoms with Crippen LogP contribution in [0.3, 0.4) is 0 Å². The molecule has 1 heterocycles. The molecule has 0 bridgehead atoms. The van der Waals surface area contributed by atoms with Crippen LogP contribution in [0.25, 0.3) is 0 Å². The van der Waals surface area contributed by atoms with Crippen molar-refractivity contribution >= 4 is 17.7 Å². The summed E-state index contributed by atoms with van der Waals surface area (Å²) in [6, 6.07) is 7.81. The predicted octanol–water partition coefficient (Wildman–Crippen LogP) is 4.24. The van der Waals surface area contributed by atoms with E-state index < -0.39 is 0 Å². The number of hydrogen-bond donors (Lipinski definition) is 0. The van der Waals surface area contributed by atoms with Crippen LogP contribution in [0.5, 0.6) is 5.75 Å². The number of ether oxygens (including phenoxy) is 2. The number of methoxy groups -OCH3 is 1. The van der Waals surface area contributed by atoms with E-state index in [0.29, 0.717) is 19.3 Å². The van der Waals surface area contributed by atoms with Gasteiger partial charge in [0.05, 0.1) is 6.61 Å². The molecule has 25 heavy (non-hydrogen) atoms. The van der Waals surface area contributed by atoms with Gasteiger partial charge >= 0.3 is 0 Å². The number of carbonyl (C=O) groups is 1. The van der Waals surface area contributed by atoms with Gasteiger partial charge in [-0.2, -0.15) is 11.8 Å². The first-order chi connectivity index (χ1) is 11.9. The average molecular weight is 366 g/mol. The molecule has 1 fully saturated rings. The Balaban J connectivity index is 1.98. The van der Waals surface area contributed by atoms with E-state index in [1.54, 1.807) is 7.11 Å². The molecule has 0 aliphatic carbocycles. The summed E-state index contributed by atoms with van der Waals surface area (Å²) in [7, 11) is 1.65. The molecule has 0 N–H and O–H groups in total. The lowest BCUT2D eigenvalue weighted by molar-refractivity contribution is 0.0640. The molecule has 0 saturated carbocycles. The number of nitrogens with zero attached hydrogens (tertiary/aromatic N) is 1. The summed E-state index contributed by atoms with van der Waals surface area (Å²) in [6.07, 6.45) is 3.42. The minimum atomic E-state index is 0.141. The molecule has 1 aromatic carbocycles. The topological polar surface area (TPSA) is 38.8 Å². The van der Waals surface area contributed by atoms with Gasteiger partial charge in [0.1, 0.15) is 12.4 Å². The molecule has 1 atom stereocenters. The van der Waals surface area contributed by atoms with Gasteiger partial charge in [0.2, 0.25) is 0 Å². The standard InChI is InChI=1S/C20H31NO3S/c1-20(2,3)25-15-17-7-5-6-12-21(17)19(22)16-8-10-18(11-9-16)24-14-13-23-4/h8-11,17H,5-7,12-15H2,1-4H3. The molecule has 2 rings (SSSR count). The van der Waals surface area contributed by atoms with E-state index in [1.165, 1.54) is 6.42 Å². The molecular formula is C20H31NO3S. The van der Waals surface area contributed by atoms with Crippen LogP contribution in [0.4, 0.5) is 0 Å². The lowest BCUT2D eigenvalue weighted by atomic mass is 10.0. The van der Waals surface area contributed by atoms with E-state index in [2.05, 4.69) is 25.7 Å². The number of thioether (sulfide) groups is 1. The van der Waals surface area contributed by atoms with Crippen LogP contribution in [0.1, 0.15) is 50.4 Å². The number of rotatable bonds is 7. The Bertz CT molecular complexity index is 539. The largest absolute Gasteiger partial charge is 0.491 e. The third-order valence-corrected chi connectivity index (χ3v) is 5.67. The fourth-order valence-corrected chi connectivity index (χ4v) is 3.93. The Kier molecular flexibility index (Phi) is 7.63. The number of piperidine rings is 1. The van der Waals surface area contributed by atoms with Crippen LogP contribution < -0.4 is 4.74 Å². The lowest BCUT2D eigenvalue weighted by Gasteiger charge is -2.37. The molecular weight excluding hydrogens is 334 g/mol. The maximum atomic E-state index is 13.0. The van der Waals surface area contributed by atoms with Gasteiger partial charge < -0.3 is 14.4 Å². The summed E-state index contributed by atoms with van der Waals surface area (Å²) < 4.78 is 10.8. The summed E-state index contributed by atoms with van der Waals surface area (Å²) in [5, 5.41) is 0. The zero-order valence-corrected chi connectivity index (χ0v) is 16.7. The molecule has 1 aromatic rings. The SMILES string of the molecule is COCCOc1ccc(C(=O)N2CCCCC2CSC(C)(C)C)cc1. The van der Waals surface area contributed by atoms with Gasteiger partial charge in [0.15, 0.2) is 0 Å². The van der Waals surface area contributed by atoms with Crippen molar-refractivity contribution in [3.05, 3.63) is 29.8 Å². The number of hydrogen-bond acceptors (Lipinski definition) is 4. The summed E-state index contributed by atoms with van der Waals surface area (Å²) in [6.45, 7) is 8.63. The van der Waals surface area contributed by atoms with E-state index in [-0.39, 0.29) is 10.7 Å². The summed E-state index contributed by atoms with van der Waals surface area (Å²) in [5.74, 6) is 1.92. The van der Waals surface area contributed by atoms with Crippen molar-refractivity contribution < 1.29 is 14.3 Å². The average Bonchev–Trinajstić information content (AvgIpc) is 2.60. The van der Waals surface area contributed by atoms with Crippen LogP contribution in [-0.4, -0.2) is 54.2 Å². The highest BCUT2D eigenvalue weighted by atomic mass is 32.2. The van der Waals surface area contributed by atoms with Crippen LogP contribution in [-0.2, 0) is 4.74 Å². The summed E-state index contributed by atoms with van der Waals surface area (Å²) in [4.78, 5) is 15.0. The highest BCUT2D eigenvalue weighted by molar-refractivity contribution is 8.00. The predicted molar refractivity (Wildman–Crippen MR) is 105 cm³/mol. The molecule has 0 radical (unpaired) electrons. The van der Waals surface area contributed by atoms with Crippen LogP contribution in [0, 0.1) is 0 Å². The Morgan fingerprint density at radius 1 is 1.20 bits per heavy atom. The van der Waals surface area contributed by atoms with Gasteiger partial charge in [-0.3, -0.25) is 4.79 Å². The lowest BCUT2D eigenvalue weighted by Crippen LogP contribution is -2.45. The van der Waals surface area contributed by atoms with Gasteiger partial charge in [-0.05, 0) is 43.5 Å². The molecule has 4 nitrogen and oxygen atoms in total. The highest BCUT2D eigenvalue weighted by Crippen LogP contribution is 2.29. The number of likely N-dealkylation sites (tertiary alicyclic amines) is 1. The fraction of sp³-hybridized carbons (Fsp3) is 0.650. The molecule has 1 amide bonds. The Labute approximate surface area is 156 Å². The van der Waals surface area contributed by atoms with Gasteiger partial charge in [0.25, 0.3) is 5.91 Å². The molecule has 0 aromatic heterocycles. The van der Waals surface area contributed by atoms with Crippen LogP contribution in [0.2, 0.25) is 0 Å².